The first kappa shape index (κ1) is 14.9. The van der Waals surface area contributed by atoms with Crippen molar-refractivity contribution in [3.8, 4) is 11.8 Å². The van der Waals surface area contributed by atoms with Crippen LogP contribution in [-0.4, -0.2) is 19.1 Å². The summed E-state index contributed by atoms with van der Waals surface area (Å²) < 4.78 is 55.2. The number of hydrogen-bond donors (Lipinski definition) is 0. The molecule has 0 fully saturated rings. The summed E-state index contributed by atoms with van der Waals surface area (Å²) in [4.78, 5) is 4.71. The first-order valence-electron chi connectivity index (χ1n) is 5.88. The molecule has 6 heteroatoms. The van der Waals surface area contributed by atoms with Crippen molar-refractivity contribution >= 4 is 5.69 Å². The molecule has 0 spiro atoms. The highest BCUT2D eigenvalue weighted by Gasteiger charge is 2.25. The van der Waals surface area contributed by atoms with Crippen LogP contribution in [0.4, 0.5) is 23.2 Å². The Morgan fingerprint density at radius 1 is 0.857 bits per heavy atom. The Bertz CT molecular complexity index is 702. The van der Waals surface area contributed by atoms with E-state index in [0.29, 0.717) is 5.56 Å². The topological polar surface area (TPSA) is 16.1 Å². The maximum absolute atomic E-state index is 13.8. The lowest BCUT2D eigenvalue weighted by atomic mass is 10.1. The standard InChI is InChI=1S/C15H10F4N2/c1-21(2)15-13(18)11(16)10(12(17)14(15)19)4-3-9-5-7-20-8-6-9/h5-8H,1-2H3. The van der Waals surface area contributed by atoms with Gasteiger partial charge in [-0.05, 0) is 12.1 Å². The van der Waals surface area contributed by atoms with Crippen LogP contribution in [0.25, 0.3) is 0 Å². The van der Waals surface area contributed by atoms with Gasteiger partial charge >= 0.3 is 0 Å². The Kier molecular flexibility index (Phi) is 4.13. The molecule has 0 aliphatic carbocycles. The minimum atomic E-state index is -1.51. The summed E-state index contributed by atoms with van der Waals surface area (Å²) in [6.45, 7) is 0. The fourth-order valence-corrected chi connectivity index (χ4v) is 1.69. The Morgan fingerprint density at radius 3 is 1.86 bits per heavy atom. The van der Waals surface area contributed by atoms with Gasteiger partial charge in [0.25, 0.3) is 0 Å². The molecule has 0 amide bonds. The van der Waals surface area contributed by atoms with Crippen LogP contribution in [0.1, 0.15) is 11.1 Å². The van der Waals surface area contributed by atoms with E-state index in [2.05, 4.69) is 16.8 Å². The zero-order valence-electron chi connectivity index (χ0n) is 11.2. The third-order valence-electron chi connectivity index (χ3n) is 2.70. The van der Waals surface area contributed by atoms with Gasteiger partial charge in [-0.2, -0.15) is 0 Å². The molecule has 108 valence electrons. The second kappa shape index (κ2) is 5.83. The van der Waals surface area contributed by atoms with Gasteiger partial charge in [-0.1, -0.05) is 11.8 Å². The van der Waals surface area contributed by atoms with E-state index in [9.17, 15) is 17.6 Å². The SMILES string of the molecule is CN(C)c1c(F)c(F)c(C#Cc2ccncc2)c(F)c1F. The van der Waals surface area contributed by atoms with E-state index >= 15 is 0 Å². The van der Waals surface area contributed by atoms with Crippen LogP contribution in [0.2, 0.25) is 0 Å². The van der Waals surface area contributed by atoms with Gasteiger partial charge in [0.05, 0.1) is 0 Å². The second-order valence-electron chi connectivity index (χ2n) is 4.36. The van der Waals surface area contributed by atoms with Crippen LogP contribution in [-0.2, 0) is 0 Å². The molecule has 0 radical (unpaired) electrons. The second-order valence-corrected chi connectivity index (χ2v) is 4.36. The van der Waals surface area contributed by atoms with E-state index in [1.165, 1.54) is 38.6 Å². The quantitative estimate of drug-likeness (QED) is 0.456. The zero-order chi connectivity index (χ0) is 15.6. The fraction of sp³-hybridized carbons (Fsp3) is 0.133. The largest absolute Gasteiger partial charge is 0.373 e. The number of halogens is 4. The minimum Gasteiger partial charge on any atom is -0.373 e. The van der Waals surface area contributed by atoms with E-state index < -0.39 is 34.5 Å². The van der Waals surface area contributed by atoms with Crippen molar-refractivity contribution in [1.82, 2.24) is 4.98 Å². The molecular formula is C15H10F4N2. The number of benzene rings is 1. The van der Waals surface area contributed by atoms with E-state index in [1.54, 1.807) is 0 Å². The molecule has 0 aliphatic heterocycles. The maximum atomic E-state index is 13.8. The lowest BCUT2D eigenvalue weighted by molar-refractivity contribution is 0.451. The molecular weight excluding hydrogens is 284 g/mol. The van der Waals surface area contributed by atoms with Crippen LogP contribution in [0.5, 0.6) is 0 Å². The van der Waals surface area contributed by atoms with Crippen LogP contribution in [0.3, 0.4) is 0 Å². The molecule has 0 unspecified atom stereocenters. The van der Waals surface area contributed by atoms with Gasteiger partial charge in [0.1, 0.15) is 11.3 Å². The number of hydrogen-bond acceptors (Lipinski definition) is 2. The molecule has 1 aromatic carbocycles. The first-order chi connectivity index (χ1) is 9.93. The van der Waals surface area contributed by atoms with E-state index in [4.69, 9.17) is 0 Å². The van der Waals surface area contributed by atoms with Gasteiger partial charge < -0.3 is 4.90 Å². The average Bonchev–Trinajstić information content (AvgIpc) is 2.46. The van der Waals surface area contributed by atoms with Crippen LogP contribution >= 0.6 is 0 Å². The molecule has 1 aromatic heterocycles. The highest BCUT2D eigenvalue weighted by molar-refractivity contribution is 5.55. The number of nitrogens with zero attached hydrogens (tertiary/aromatic N) is 2. The molecule has 21 heavy (non-hydrogen) atoms. The van der Waals surface area contributed by atoms with Crippen molar-refractivity contribution in [2.45, 2.75) is 0 Å². The molecule has 0 N–H and O–H groups in total. The number of aromatic nitrogens is 1. The summed E-state index contributed by atoms with van der Waals surface area (Å²) in [5, 5.41) is 0. The molecule has 2 rings (SSSR count). The highest BCUT2D eigenvalue weighted by Crippen LogP contribution is 2.29. The molecule has 0 bridgehead atoms. The predicted octanol–water partition coefficient (Wildman–Crippen LogP) is 3.10. The van der Waals surface area contributed by atoms with Crippen molar-refractivity contribution in [3.63, 3.8) is 0 Å². The summed E-state index contributed by atoms with van der Waals surface area (Å²) in [6.07, 6.45) is 2.88. The Hall–Kier alpha value is -2.55. The molecule has 0 atom stereocenters. The van der Waals surface area contributed by atoms with E-state index in [-0.39, 0.29) is 0 Å². The first-order valence-corrected chi connectivity index (χ1v) is 5.88. The lowest BCUT2D eigenvalue weighted by Gasteiger charge is -2.16. The predicted molar refractivity (Wildman–Crippen MR) is 70.8 cm³/mol. The molecule has 1 heterocycles. The molecule has 0 saturated carbocycles. The van der Waals surface area contributed by atoms with Crippen molar-refractivity contribution < 1.29 is 17.6 Å². The van der Waals surface area contributed by atoms with Crippen LogP contribution in [0.15, 0.2) is 24.5 Å². The van der Waals surface area contributed by atoms with Crippen molar-refractivity contribution in [3.05, 3.63) is 58.9 Å². The smallest absolute Gasteiger partial charge is 0.186 e. The summed E-state index contributed by atoms with van der Waals surface area (Å²) in [7, 11) is 2.56. The number of rotatable bonds is 1. The third-order valence-corrected chi connectivity index (χ3v) is 2.70. The highest BCUT2D eigenvalue weighted by atomic mass is 19.2. The summed E-state index contributed by atoms with van der Waals surface area (Å²) in [5.41, 5.74) is -1.30. The Labute approximate surface area is 119 Å². The van der Waals surface area contributed by atoms with Gasteiger partial charge in [0.2, 0.25) is 0 Å². The van der Waals surface area contributed by atoms with Crippen molar-refractivity contribution in [2.75, 3.05) is 19.0 Å². The number of pyridine rings is 1. The van der Waals surface area contributed by atoms with Crippen LogP contribution in [0, 0.1) is 35.1 Å². The fourth-order valence-electron chi connectivity index (χ4n) is 1.69. The normalized spacial score (nSPS) is 10.0. The maximum Gasteiger partial charge on any atom is 0.186 e. The molecule has 0 aliphatic rings. The molecule has 0 saturated heterocycles. The molecule has 2 nitrogen and oxygen atoms in total. The summed E-state index contributed by atoms with van der Waals surface area (Å²) >= 11 is 0. The van der Waals surface area contributed by atoms with Gasteiger partial charge in [-0.15, -0.1) is 0 Å². The monoisotopic (exact) mass is 294 g/mol. The Balaban J connectivity index is 2.59. The van der Waals surface area contributed by atoms with E-state index in [1.807, 2.05) is 0 Å². The third kappa shape index (κ3) is 2.82. The van der Waals surface area contributed by atoms with Crippen molar-refractivity contribution in [2.24, 2.45) is 0 Å². The van der Waals surface area contributed by atoms with Gasteiger partial charge in [0.15, 0.2) is 23.3 Å². The van der Waals surface area contributed by atoms with Gasteiger partial charge in [0, 0.05) is 32.1 Å². The van der Waals surface area contributed by atoms with Gasteiger partial charge in [-0.25, -0.2) is 17.6 Å². The summed E-state index contributed by atoms with van der Waals surface area (Å²) in [6, 6.07) is 3.01. The molecule has 2 aromatic rings. The summed E-state index contributed by atoms with van der Waals surface area (Å²) in [5.74, 6) is -1.43. The average molecular weight is 294 g/mol. The van der Waals surface area contributed by atoms with Crippen molar-refractivity contribution in [1.29, 1.82) is 0 Å². The van der Waals surface area contributed by atoms with Crippen LogP contribution < -0.4 is 4.90 Å². The minimum absolute atomic E-state index is 0.418. The Morgan fingerprint density at radius 2 is 1.38 bits per heavy atom. The zero-order valence-corrected chi connectivity index (χ0v) is 11.2. The van der Waals surface area contributed by atoms with E-state index in [0.717, 1.165) is 4.90 Å². The lowest BCUT2D eigenvalue weighted by Crippen LogP contribution is -2.16. The number of anilines is 1. The van der Waals surface area contributed by atoms with Gasteiger partial charge in [-0.3, -0.25) is 4.98 Å².